The van der Waals surface area contributed by atoms with Crippen LogP contribution in [-0.4, -0.2) is 61.6 Å². The average Bonchev–Trinajstić information content (AvgIpc) is 2.75. The molecule has 0 spiro atoms. The molecule has 3 rings (SSSR count). The number of rotatable bonds is 3. The second-order valence-corrected chi connectivity index (χ2v) is 6.42. The number of carbonyl (C=O) groups is 1. The molecule has 0 aromatic heterocycles. The molecule has 5 heteroatoms. The lowest BCUT2D eigenvalue weighted by Crippen LogP contribution is -2.44. The van der Waals surface area contributed by atoms with Gasteiger partial charge in [0, 0.05) is 32.0 Å². The first-order valence-corrected chi connectivity index (χ1v) is 7.92. The Bertz CT molecular complexity index is 520. The number of nitrogens with zero attached hydrogens (tertiary/aromatic N) is 2. The third-order valence-electron chi connectivity index (χ3n) is 4.64. The number of hydrogen-bond acceptors (Lipinski definition) is 3. The van der Waals surface area contributed by atoms with Crippen LogP contribution in [0.25, 0.3) is 0 Å². The van der Waals surface area contributed by atoms with Crippen molar-refractivity contribution in [1.29, 1.82) is 0 Å². The molecule has 0 radical (unpaired) electrons. The Balaban J connectivity index is 1.58. The molecular formula is C17H23FN2O2. The van der Waals surface area contributed by atoms with E-state index in [1.165, 1.54) is 12.1 Å². The van der Waals surface area contributed by atoms with Crippen LogP contribution < -0.4 is 0 Å². The minimum absolute atomic E-state index is 0.191. The zero-order chi connectivity index (χ0) is 15.5. The maximum absolute atomic E-state index is 12.9. The highest BCUT2D eigenvalue weighted by atomic mass is 19.1. The maximum atomic E-state index is 12.9. The fourth-order valence-corrected chi connectivity index (χ4v) is 3.31. The Morgan fingerprint density at radius 3 is 2.77 bits per heavy atom. The van der Waals surface area contributed by atoms with Gasteiger partial charge in [-0.05, 0) is 31.2 Å². The standard InChI is InChI=1S/C17H23FN2O2/c1-19-8-14-9-20(10-16(19)12-22-11-14)17(21)7-4-13-2-5-15(18)6-3-13/h2-3,5-6,14,16H,4,7-12H2,1H3/t14-,16+/m1/s1. The Hall–Kier alpha value is -1.46. The van der Waals surface area contributed by atoms with E-state index in [0.29, 0.717) is 31.4 Å². The Labute approximate surface area is 130 Å². The molecule has 2 aliphatic heterocycles. The van der Waals surface area contributed by atoms with E-state index in [4.69, 9.17) is 4.74 Å². The molecule has 120 valence electrons. The molecule has 0 aliphatic carbocycles. The van der Waals surface area contributed by atoms with Crippen molar-refractivity contribution >= 4 is 5.91 Å². The van der Waals surface area contributed by atoms with Crippen molar-refractivity contribution in [2.24, 2.45) is 5.92 Å². The highest BCUT2D eigenvalue weighted by Gasteiger charge is 2.32. The van der Waals surface area contributed by atoms with Gasteiger partial charge in [0.15, 0.2) is 0 Å². The highest BCUT2D eigenvalue weighted by molar-refractivity contribution is 5.76. The lowest BCUT2D eigenvalue weighted by atomic mass is 10.1. The summed E-state index contributed by atoms with van der Waals surface area (Å²) in [5.74, 6) is 0.349. The first-order valence-electron chi connectivity index (χ1n) is 7.92. The van der Waals surface area contributed by atoms with Crippen LogP contribution in [0.3, 0.4) is 0 Å². The Morgan fingerprint density at radius 1 is 1.23 bits per heavy atom. The van der Waals surface area contributed by atoms with E-state index in [1.807, 2.05) is 4.90 Å². The third-order valence-corrected chi connectivity index (χ3v) is 4.64. The van der Waals surface area contributed by atoms with Gasteiger partial charge >= 0.3 is 0 Å². The predicted octanol–water partition coefficient (Wildman–Crippen LogP) is 1.55. The third kappa shape index (κ3) is 3.65. The van der Waals surface area contributed by atoms with Gasteiger partial charge in [-0.15, -0.1) is 0 Å². The minimum atomic E-state index is -0.238. The van der Waals surface area contributed by atoms with Crippen LogP contribution in [0.4, 0.5) is 4.39 Å². The average molecular weight is 306 g/mol. The zero-order valence-electron chi connectivity index (χ0n) is 13.0. The van der Waals surface area contributed by atoms with Gasteiger partial charge in [-0.3, -0.25) is 9.69 Å². The fourth-order valence-electron chi connectivity index (χ4n) is 3.31. The molecule has 1 aromatic rings. The minimum Gasteiger partial charge on any atom is -0.379 e. The molecule has 2 heterocycles. The molecule has 2 saturated heterocycles. The largest absolute Gasteiger partial charge is 0.379 e. The smallest absolute Gasteiger partial charge is 0.222 e. The molecule has 0 unspecified atom stereocenters. The van der Waals surface area contributed by atoms with Crippen molar-refractivity contribution in [3.05, 3.63) is 35.6 Å². The number of carbonyl (C=O) groups excluding carboxylic acids is 1. The number of fused-ring (bicyclic) bond motifs is 3. The highest BCUT2D eigenvalue weighted by Crippen LogP contribution is 2.19. The summed E-state index contributed by atoms with van der Waals surface area (Å²) in [5.41, 5.74) is 1.00. The van der Waals surface area contributed by atoms with Crippen molar-refractivity contribution in [1.82, 2.24) is 9.80 Å². The molecule has 1 aromatic carbocycles. The summed E-state index contributed by atoms with van der Waals surface area (Å²) in [4.78, 5) is 16.8. The first kappa shape index (κ1) is 15.4. The van der Waals surface area contributed by atoms with E-state index in [1.54, 1.807) is 12.1 Å². The van der Waals surface area contributed by atoms with E-state index < -0.39 is 0 Å². The van der Waals surface area contributed by atoms with E-state index in [2.05, 4.69) is 11.9 Å². The summed E-state index contributed by atoms with van der Waals surface area (Å²) >= 11 is 0. The van der Waals surface area contributed by atoms with Crippen LogP contribution in [0.1, 0.15) is 12.0 Å². The molecule has 2 aliphatic rings. The fraction of sp³-hybridized carbons (Fsp3) is 0.588. The molecular weight excluding hydrogens is 283 g/mol. The molecule has 0 N–H and O–H groups in total. The van der Waals surface area contributed by atoms with Gasteiger partial charge in [0.25, 0.3) is 0 Å². The van der Waals surface area contributed by atoms with Gasteiger partial charge in [0.05, 0.1) is 19.3 Å². The summed E-state index contributed by atoms with van der Waals surface area (Å²) in [6.07, 6.45) is 1.15. The number of ether oxygens (including phenoxy) is 1. The van der Waals surface area contributed by atoms with Gasteiger partial charge in [-0.1, -0.05) is 12.1 Å². The second kappa shape index (κ2) is 6.75. The normalized spacial score (nSPS) is 25.8. The van der Waals surface area contributed by atoms with Gasteiger partial charge in [0.1, 0.15) is 5.82 Å². The van der Waals surface area contributed by atoms with Crippen molar-refractivity contribution < 1.29 is 13.9 Å². The predicted molar refractivity (Wildman–Crippen MR) is 82.0 cm³/mol. The number of amides is 1. The van der Waals surface area contributed by atoms with Crippen molar-refractivity contribution in [2.45, 2.75) is 18.9 Å². The van der Waals surface area contributed by atoms with E-state index >= 15 is 0 Å². The topological polar surface area (TPSA) is 32.8 Å². The van der Waals surface area contributed by atoms with Crippen molar-refractivity contribution in [3.63, 3.8) is 0 Å². The second-order valence-electron chi connectivity index (χ2n) is 6.42. The van der Waals surface area contributed by atoms with E-state index in [-0.39, 0.29) is 11.7 Å². The van der Waals surface area contributed by atoms with Gasteiger partial charge in [-0.25, -0.2) is 4.39 Å². The van der Waals surface area contributed by atoms with Crippen LogP contribution in [0.2, 0.25) is 0 Å². The SMILES string of the molecule is CN1C[C@H]2COC[C@@H]1CN(C(=O)CCc1ccc(F)cc1)C2. The van der Waals surface area contributed by atoms with Crippen LogP contribution in [0.5, 0.6) is 0 Å². The molecule has 0 saturated carbocycles. The zero-order valence-corrected chi connectivity index (χ0v) is 13.0. The van der Waals surface area contributed by atoms with Gasteiger partial charge in [-0.2, -0.15) is 0 Å². The monoisotopic (exact) mass is 306 g/mol. The summed E-state index contributed by atoms with van der Waals surface area (Å²) in [7, 11) is 2.11. The Kier molecular flexibility index (Phi) is 4.74. The van der Waals surface area contributed by atoms with Crippen LogP contribution in [0, 0.1) is 11.7 Å². The van der Waals surface area contributed by atoms with E-state index in [9.17, 15) is 9.18 Å². The molecule has 4 nitrogen and oxygen atoms in total. The van der Waals surface area contributed by atoms with Crippen LogP contribution in [-0.2, 0) is 16.0 Å². The quantitative estimate of drug-likeness (QED) is 0.849. The van der Waals surface area contributed by atoms with Gasteiger partial charge < -0.3 is 9.64 Å². The molecule has 2 fully saturated rings. The molecule has 2 bridgehead atoms. The lowest BCUT2D eigenvalue weighted by molar-refractivity contribution is -0.133. The van der Waals surface area contributed by atoms with Crippen LogP contribution >= 0.6 is 0 Å². The first-order chi connectivity index (χ1) is 10.6. The summed E-state index contributed by atoms with van der Waals surface area (Å²) in [6, 6.07) is 6.69. The maximum Gasteiger partial charge on any atom is 0.222 e. The summed E-state index contributed by atoms with van der Waals surface area (Å²) in [5, 5.41) is 0. The van der Waals surface area contributed by atoms with Crippen molar-refractivity contribution in [3.8, 4) is 0 Å². The summed E-state index contributed by atoms with van der Waals surface area (Å²) in [6.45, 7) is 3.96. The molecule has 1 amide bonds. The molecule has 22 heavy (non-hydrogen) atoms. The number of hydrogen-bond donors (Lipinski definition) is 0. The number of benzene rings is 1. The number of likely N-dealkylation sites (N-methyl/N-ethyl adjacent to an activating group) is 1. The van der Waals surface area contributed by atoms with Gasteiger partial charge in [0.2, 0.25) is 5.91 Å². The van der Waals surface area contributed by atoms with E-state index in [0.717, 1.165) is 31.8 Å². The van der Waals surface area contributed by atoms with Crippen molar-refractivity contribution in [2.75, 3.05) is 39.9 Å². The van der Waals surface area contributed by atoms with Crippen LogP contribution in [0.15, 0.2) is 24.3 Å². The summed E-state index contributed by atoms with van der Waals surface area (Å²) < 4.78 is 18.6. The Morgan fingerprint density at radius 2 is 2.00 bits per heavy atom. The lowest BCUT2D eigenvalue weighted by Gasteiger charge is -2.29. The number of aryl methyl sites for hydroxylation is 1. The molecule has 2 atom stereocenters. The number of halogens is 1.